The first-order valence-electron chi connectivity index (χ1n) is 7.78. The van der Waals surface area contributed by atoms with Crippen molar-refractivity contribution in [2.75, 3.05) is 6.61 Å². The third-order valence-corrected chi connectivity index (χ3v) is 3.41. The number of hydrogen-bond donors (Lipinski definition) is 1. The van der Waals surface area contributed by atoms with Crippen LogP contribution in [0.25, 0.3) is 5.82 Å². The number of carbonyl (C=O) groups is 1. The molecule has 10 heteroatoms. The molecule has 0 fully saturated rings. The van der Waals surface area contributed by atoms with Crippen molar-refractivity contribution in [3.8, 4) is 11.7 Å². The van der Waals surface area contributed by atoms with Crippen molar-refractivity contribution >= 4 is 5.91 Å². The lowest BCUT2D eigenvalue weighted by molar-refractivity contribution is -0.154. The molecular weight excluding hydrogens is 363 g/mol. The van der Waals surface area contributed by atoms with Gasteiger partial charge >= 0.3 is 6.18 Å². The number of amides is 1. The second kappa shape index (κ2) is 7.85. The number of hydrogen-bond acceptors (Lipinski definition) is 5. The van der Waals surface area contributed by atoms with Gasteiger partial charge in [-0.15, -0.1) is 0 Å². The molecule has 0 radical (unpaired) electrons. The highest BCUT2D eigenvalue weighted by Gasteiger charge is 2.28. The molecule has 0 aliphatic rings. The predicted octanol–water partition coefficient (Wildman–Crippen LogP) is 2.53. The monoisotopic (exact) mass is 377 g/mol. The number of carbonyl (C=O) groups excluding carboxylic acids is 1. The summed E-state index contributed by atoms with van der Waals surface area (Å²) in [5.74, 6) is 0.0768. The van der Waals surface area contributed by atoms with E-state index in [-0.39, 0.29) is 18.0 Å². The first-order valence-corrected chi connectivity index (χ1v) is 7.78. The number of imidazole rings is 1. The summed E-state index contributed by atoms with van der Waals surface area (Å²) in [6.45, 7) is -1.20. The van der Waals surface area contributed by atoms with E-state index in [2.05, 4.69) is 25.0 Å². The molecule has 0 atom stereocenters. The van der Waals surface area contributed by atoms with E-state index in [1.807, 2.05) is 6.07 Å². The molecule has 0 spiro atoms. The number of alkyl halides is 3. The molecule has 7 nitrogen and oxygen atoms in total. The lowest BCUT2D eigenvalue weighted by atomic mass is 10.2. The fraction of sp³-hybridized carbons (Fsp3) is 0.176. The van der Waals surface area contributed by atoms with Crippen molar-refractivity contribution in [1.82, 2.24) is 24.8 Å². The van der Waals surface area contributed by atoms with Gasteiger partial charge < -0.3 is 10.1 Å². The lowest BCUT2D eigenvalue weighted by Gasteiger charge is -2.09. The maximum Gasteiger partial charge on any atom is 0.422 e. The van der Waals surface area contributed by atoms with Crippen LogP contribution in [0, 0.1) is 0 Å². The molecule has 1 N–H and O–H groups in total. The Kier molecular flexibility index (Phi) is 5.34. The molecule has 0 saturated carbocycles. The van der Waals surface area contributed by atoms with E-state index >= 15 is 0 Å². The average molecular weight is 377 g/mol. The molecule has 27 heavy (non-hydrogen) atoms. The van der Waals surface area contributed by atoms with Crippen molar-refractivity contribution < 1.29 is 22.7 Å². The third kappa shape index (κ3) is 5.27. The van der Waals surface area contributed by atoms with Crippen LogP contribution in [0.3, 0.4) is 0 Å². The van der Waals surface area contributed by atoms with Gasteiger partial charge in [-0.05, 0) is 17.7 Å². The van der Waals surface area contributed by atoms with Crippen molar-refractivity contribution in [3.05, 3.63) is 66.5 Å². The molecule has 3 aromatic rings. The largest absolute Gasteiger partial charge is 0.468 e. The Labute approximate surface area is 151 Å². The number of rotatable bonds is 6. The van der Waals surface area contributed by atoms with E-state index in [9.17, 15) is 18.0 Å². The molecule has 3 rings (SSSR count). The lowest BCUT2D eigenvalue weighted by Crippen LogP contribution is -2.23. The first-order chi connectivity index (χ1) is 12.9. The summed E-state index contributed by atoms with van der Waals surface area (Å²) in [5, 5.41) is 2.69. The summed E-state index contributed by atoms with van der Waals surface area (Å²) < 4.78 is 42.5. The highest BCUT2D eigenvalue weighted by atomic mass is 19.4. The molecule has 3 heterocycles. The number of nitrogens with one attached hydrogen (secondary N) is 1. The van der Waals surface area contributed by atoms with Crippen molar-refractivity contribution in [2.45, 2.75) is 12.7 Å². The summed E-state index contributed by atoms with van der Waals surface area (Å²) in [6, 6.07) is 6.16. The molecule has 0 saturated heterocycles. The Hall–Kier alpha value is -3.43. The summed E-state index contributed by atoms with van der Waals surface area (Å²) in [5.41, 5.74) is 0.989. The van der Waals surface area contributed by atoms with Gasteiger partial charge in [-0.3, -0.25) is 9.36 Å². The predicted molar refractivity (Wildman–Crippen MR) is 88.3 cm³/mol. The maximum absolute atomic E-state index is 12.1. The third-order valence-electron chi connectivity index (χ3n) is 3.41. The highest BCUT2D eigenvalue weighted by Crippen LogP contribution is 2.17. The topological polar surface area (TPSA) is 81.9 Å². The Morgan fingerprint density at radius 3 is 2.59 bits per heavy atom. The summed E-state index contributed by atoms with van der Waals surface area (Å²) in [4.78, 5) is 24.0. The SMILES string of the molecule is O=C(NCc1ccc(-n2ccnc2)nc1)c1ccc(OCC(F)(F)F)nc1. The highest BCUT2D eigenvalue weighted by molar-refractivity contribution is 5.93. The Bertz CT molecular complexity index is 878. The van der Waals surface area contributed by atoms with E-state index in [4.69, 9.17) is 0 Å². The number of pyridine rings is 2. The van der Waals surface area contributed by atoms with Gasteiger partial charge in [0.05, 0.1) is 5.56 Å². The van der Waals surface area contributed by atoms with E-state index in [1.165, 1.54) is 12.1 Å². The second-order valence-electron chi connectivity index (χ2n) is 5.47. The molecule has 1 amide bonds. The molecule has 0 aromatic carbocycles. The summed E-state index contributed by atoms with van der Waals surface area (Å²) >= 11 is 0. The van der Waals surface area contributed by atoms with Gasteiger partial charge in [-0.2, -0.15) is 13.2 Å². The fourth-order valence-electron chi connectivity index (χ4n) is 2.11. The van der Waals surface area contributed by atoms with Crippen LogP contribution in [-0.4, -0.2) is 38.2 Å². The second-order valence-corrected chi connectivity index (χ2v) is 5.47. The number of nitrogens with zero attached hydrogens (tertiary/aromatic N) is 4. The summed E-state index contributed by atoms with van der Waals surface area (Å²) in [6.07, 6.45) is 3.36. The average Bonchev–Trinajstić information content (AvgIpc) is 3.19. The molecule has 3 aromatic heterocycles. The first kappa shape index (κ1) is 18.4. The van der Waals surface area contributed by atoms with Gasteiger partial charge in [0.2, 0.25) is 5.88 Å². The minimum absolute atomic E-state index is 0.205. The van der Waals surface area contributed by atoms with Crippen LogP contribution in [0.4, 0.5) is 13.2 Å². The minimum atomic E-state index is -4.45. The minimum Gasteiger partial charge on any atom is -0.468 e. The number of ether oxygens (including phenoxy) is 1. The molecule has 140 valence electrons. The smallest absolute Gasteiger partial charge is 0.422 e. The van der Waals surface area contributed by atoms with E-state index in [1.54, 1.807) is 35.6 Å². The molecule has 0 aliphatic heterocycles. The van der Waals surface area contributed by atoms with Crippen molar-refractivity contribution in [1.29, 1.82) is 0 Å². The van der Waals surface area contributed by atoms with E-state index < -0.39 is 18.7 Å². The Morgan fingerprint density at radius 2 is 2.00 bits per heavy atom. The van der Waals surface area contributed by atoms with Crippen LogP contribution < -0.4 is 10.1 Å². The Balaban J connectivity index is 1.53. The van der Waals surface area contributed by atoms with Gasteiger partial charge in [-0.25, -0.2) is 15.0 Å². The zero-order chi connectivity index (χ0) is 19.3. The fourth-order valence-corrected chi connectivity index (χ4v) is 2.11. The van der Waals surface area contributed by atoms with Gasteiger partial charge in [-0.1, -0.05) is 6.07 Å². The standard InChI is InChI=1S/C17H14F3N5O2/c18-17(19,20)10-27-15-4-2-13(9-23-15)16(26)24-8-12-1-3-14(22-7-12)25-6-5-21-11-25/h1-7,9,11H,8,10H2,(H,24,26). The van der Waals surface area contributed by atoms with Crippen LogP contribution in [0.2, 0.25) is 0 Å². The van der Waals surface area contributed by atoms with E-state index in [0.29, 0.717) is 5.82 Å². The van der Waals surface area contributed by atoms with Crippen LogP contribution >= 0.6 is 0 Å². The molecular formula is C17H14F3N5O2. The van der Waals surface area contributed by atoms with Crippen LogP contribution in [0.1, 0.15) is 15.9 Å². The van der Waals surface area contributed by atoms with Crippen LogP contribution in [0.5, 0.6) is 5.88 Å². The maximum atomic E-state index is 12.1. The number of aromatic nitrogens is 4. The van der Waals surface area contributed by atoms with Gasteiger partial charge in [0, 0.05) is 37.4 Å². The molecule has 0 aliphatic carbocycles. The summed E-state index contributed by atoms with van der Waals surface area (Å²) in [7, 11) is 0. The normalized spacial score (nSPS) is 11.2. The van der Waals surface area contributed by atoms with Crippen molar-refractivity contribution in [2.24, 2.45) is 0 Å². The van der Waals surface area contributed by atoms with Crippen molar-refractivity contribution in [3.63, 3.8) is 0 Å². The van der Waals surface area contributed by atoms with Gasteiger partial charge in [0.25, 0.3) is 5.91 Å². The zero-order valence-electron chi connectivity index (χ0n) is 13.8. The molecule has 0 bridgehead atoms. The zero-order valence-corrected chi connectivity index (χ0v) is 13.8. The van der Waals surface area contributed by atoms with E-state index in [0.717, 1.165) is 11.8 Å². The molecule has 0 unspecified atom stereocenters. The van der Waals surface area contributed by atoms with Crippen LogP contribution in [0.15, 0.2) is 55.4 Å². The number of halogens is 3. The van der Waals surface area contributed by atoms with Crippen LogP contribution in [-0.2, 0) is 6.54 Å². The quantitative estimate of drug-likeness (QED) is 0.714. The van der Waals surface area contributed by atoms with Gasteiger partial charge in [0.15, 0.2) is 6.61 Å². The Morgan fingerprint density at radius 1 is 1.15 bits per heavy atom. The van der Waals surface area contributed by atoms with Gasteiger partial charge in [0.1, 0.15) is 12.1 Å².